The Labute approximate surface area is 170 Å². The summed E-state index contributed by atoms with van der Waals surface area (Å²) >= 11 is 7.33. The van der Waals surface area contributed by atoms with E-state index in [-0.39, 0.29) is 23.6 Å². The molecule has 3 aromatic rings. The average Bonchev–Trinajstić information content (AvgIpc) is 3.17. The zero-order valence-corrected chi connectivity index (χ0v) is 16.8. The third-order valence-electron chi connectivity index (χ3n) is 3.95. The molecule has 3 rings (SSSR count). The Morgan fingerprint density at radius 1 is 1.18 bits per heavy atom. The standard InChI is InChI=1S/C20H17ClFNO4S/c1-25-17-8-3-5-13(19(17)26-2)20-23-12(11-28-20)10-27-18(24)9-14-15(21)6-4-7-16(14)22/h3-8,11H,9-10H2,1-2H3. The summed E-state index contributed by atoms with van der Waals surface area (Å²) in [7, 11) is 3.13. The maximum Gasteiger partial charge on any atom is 0.310 e. The fraction of sp³-hybridized carbons (Fsp3) is 0.200. The molecule has 0 saturated carbocycles. The van der Waals surface area contributed by atoms with Gasteiger partial charge in [-0.1, -0.05) is 23.7 Å². The number of thiazole rings is 1. The van der Waals surface area contributed by atoms with Gasteiger partial charge in [0.2, 0.25) is 0 Å². The first kappa shape index (κ1) is 20.1. The summed E-state index contributed by atoms with van der Waals surface area (Å²) in [6, 6.07) is 9.78. The lowest BCUT2D eigenvalue weighted by atomic mass is 10.1. The molecule has 0 amide bonds. The van der Waals surface area contributed by atoms with Crippen LogP contribution < -0.4 is 9.47 Å². The molecule has 0 fully saturated rings. The van der Waals surface area contributed by atoms with Crippen LogP contribution in [0.5, 0.6) is 11.5 Å². The van der Waals surface area contributed by atoms with Crippen molar-refractivity contribution in [3.8, 4) is 22.1 Å². The third-order valence-corrected chi connectivity index (χ3v) is 5.23. The first-order valence-corrected chi connectivity index (χ1v) is 9.53. The predicted octanol–water partition coefficient (Wildman–Crippen LogP) is 4.91. The number of aromatic nitrogens is 1. The Kier molecular flexibility index (Phi) is 6.49. The largest absolute Gasteiger partial charge is 0.493 e. The van der Waals surface area contributed by atoms with Gasteiger partial charge in [0.1, 0.15) is 17.4 Å². The minimum Gasteiger partial charge on any atom is -0.493 e. The quantitative estimate of drug-likeness (QED) is 0.507. The minimum absolute atomic E-state index is 0.0201. The van der Waals surface area contributed by atoms with Gasteiger partial charge in [-0.25, -0.2) is 9.37 Å². The molecule has 0 saturated heterocycles. The molecule has 0 unspecified atom stereocenters. The van der Waals surface area contributed by atoms with Crippen molar-refractivity contribution in [2.24, 2.45) is 0 Å². The normalized spacial score (nSPS) is 10.6. The van der Waals surface area contributed by atoms with Crippen molar-refractivity contribution in [2.45, 2.75) is 13.0 Å². The van der Waals surface area contributed by atoms with E-state index >= 15 is 0 Å². The van der Waals surface area contributed by atoms with E-state index in [1.54, 1.807) is 25.7 Å². The first-order chi connectivity index (χ1) is 13.5. The van der Waals surface area contributed by atoms with E-state index in [2.05, 4.69) is 4.98 Å². The number of hydrogen-bond acceptors (Lipinski definition) is 6. The maximum absolute atomic E-state index is 13.8. The molecule has 0 N–H and O–H groups in total. The second kappa shape index (κ2) is 9.03. The van der Waals surface area contributed by atoms with Crippen LogP contribution in [0.1, 0.15) is 11.3 Å². The van der Waals surface area contributed by atoms with Gasteiger partial charge in [0, 0.05) is 16.0 Å². The number of nitrogens with zero attached hydrogens (tertiary/aromatic N) is 1. The van der Waals surface area contributed by atoms with Crippen LogP contribution in [0.3, 0.4) is 0 Å². The molecule has 28 heavy (non-hydrogen) atoms. The SMILES string of the molecule is COc1cccc(-c2nc(COC(=O)Cc3c(F)cccc3Cl)cs2)c1OC. The number of hydrogen-bond donors (Lipinski definition) is 0. The predicted molar refractivity (Wildman–Crippen MR) is 106 cm³/mol. The Balaban J connectivity index is 1.68. The third kappa shape index (κ3) is 4.43. The number of para-hydroxylation sites is 1. The molecule has 0 bridgehead atoms. The highest BCUT2D eigenvalue weighted by Gasteiger charge is 2.16. The van der Waals surface area contributed by atoms with Crippen molar-refractivity contribution >= 4 is 28.9 Å². The molecule has 8 heteroatoms. The summed E-state index contributed by atoms with van der Waals surface area (Å²) in [5.41, 5.74) is 1.48. The Hall–Kier alpha value is -2.64. The van der Waals surface area contributed by atoms with Crippen molar-refractivity contribution in [1.29, 1.82) is 0 Å². The molecule has 0 spiro atoms. The van der Waals surface area contributed by atoms with Gasteiger partial charge in [-0.15, -0.1) is 11.3 Å². The Morgan fingerprint density at radius 2 is 1.96 bits per heavy atom. The molecule has 0 radical (unpaired) electrons. The molecule has 0 atom stereocenters. The van der Waals surface area contributed by atoms with E-state index in [0.717, 1.165) is 5.56 Å². The lowest BCUT2D eigenvalue weighted by Gasteiger charge is -2.10. The smallest absolute Gasteiger partial charge is 0.310 e. The van der Waals surface area contributed by atoms with Gasteiger partial charge in [0.15, 0.2) is 11.5 Å². The number of esters is 1. The van der Waals surface area contributed by atoms with Gasteiger partial charge in [0.05, 0.1) is 31.9 Å². The molecule has 1 heterocycles. The van der Waals surface area contributed by atoms with Gasteiger partial charge in [-0.2, -0.15) is 0 Å². The highest BCUT2D eigenvalue weighted by molar-refractivity contribution is 7.13. The van der Waals surface area contributed by atoms with Crippen LogP contribution >= 0.6 is 22.9 Å². The Morgan fingerprint density at radius 3 is 2.68 bits per heavy atom. The molecule has 146 valence electrons. The van der Waals surface area contributed by atoms with E-state index in [1.165, 1.54) is 29.5 Å². The topological polar surface area (TPSA) is 57.7 Å². The molecule has 5 nitrogen and oxygen atoms in total. The van der Waals surface area contributed by atoms with Crippen molar-refractivity contribution in [3.05, 3.63) is 63.9 Å². The summed E-state index contributed by atoms with van der Waals surface area (Å²) in [4.78, 5) is 16.5. The van der Waals surface area contributed by atoms with Gasteiger partial charge < -0.3 is 14.2 Å². The van der Waals surface area contributed by atoms with E-state index in [9.17, 15) is 9.18 Å². The number of ether oxygens (including phenoxy) is 3. The lowest BCUT2D eigenvalue weighted by Crippen LogP contribution is -2.09. The summed E-state index contributed by atoms with van der Waals surface area (Å²) in [6.45, 7) is -0.0201. The van der Waals surface area contributed by atoms with Crippen LogP contribution in [0.4, 0.5) is 4.39 Å². The maximum atomic E-state index is 13.8. The molecule has 2 aromatic carbocycles. The highest BCUT2D eigenvalue weighted by atomic mass is 35.5. The van der Waals surface area contributed by atoms with Gasteiger partial charge in [0.25, 0.3) is 0 Å². The molecule has 0 aliphatic heterocycles. The zero-order chi connectivity index (χ0) is 20.1. The molecular weight excluding hydrogens is 405 g/mol. The second-order valence-electron chi connectivity index (χ2n) is 5.72. The van der Waals surface area contributed by atoms with Gasteiger partial charge >= 0.3 is 5.97 Å². The van der Waals surface area contributed by atoms with Crippen LogP contribution in [-0.2, 0) is 22.6 Å². The van der Waals surface area contributed by atoms with Crippen LogP contribution in [0.15, 0.2) is 41.8 Å². The molecule has 0 aliphatic rings. The summed E-state index contributed by atoms with van der Waals surface area (Å²) in [5.74, 6) is 0.0630. The van der Waals surface area contributed by atoms with Crippen LogP contribution in [0.2, 0.25) is 5.02 Å². The molecule has 0 aliphatic carbocycles. The number of carbonyl (C=O) groups is 1. The Bertz CT molecular complexity index is 972. The van der Waals surface area contributed by atoms with Crippen molar-refractivity contribution in [2.75, 3.05) is 14.2 Å². The minimum atomic E-state index is -0.583. The van der Waals surface area contributed by atoms with Gasteiger partial charge in [-0.3, -0.25) is 4.79 Å². The van der Waals surface area contributed by atoms with Gasteiger partial charge in [-0.05, 0) is 24.3 Å². The second-order valence-corrected chi connectivity index (χ2v) is 6.99. The highest BCUT2D eigenvalue weighted by Crippen LogP contribution is 2.39. The van der Waals surface area contributed by atoms with Crippen molar-refractivity contribution in [3.63, 3.8) is 0 Å². The number of halogens is 2. The summed E-state index contributed by atoms with van der Waals surface area (Å²) in [5, 5.41) is 2.69. The fourth-order valence-electron chi connectivity index (χ4n) is 2.60. The number of carbonyl (C=O) groups excluding carboxylic acids is 1. The number of methoxy groups -OCH3 is 2. The van der Waals surface area contributed by atoms with Crippen molar-refractivity contribution in [1.82, 2.24) is 4.98 Å². The number of rotatable bonds is 7. The zero-order valence-electron chi connectivity index (χ0n) is 15.2. The first-order valence-electron chi connectivity index (χ1n) is 8.27. The van der Waals surface area contributed by atoms with Crippen LogP contribution in [0, 0.1) is 5.82 Å². The summed E-state index contributed by atoms with van der Waals surface area (Å²) in [6.07, 6.45) is -0.244. The van der Waals surface area contributed by atoms with Crippen LogP contribution in [-0.4, -0.2) is 25.2 Å². The number of benzene rings is 2. The average molecular weight is 422 g/mol. The van der Waals surface area contributed by atoms with E-state index in [1.807, 2.05) is 12.1 Å². The van der Waals surface area contributed by atoms with Crippen LogP contribution in [0.25, 0.3) is 10.6 Å². The fourth-order valence-corrected chi connectivity index (χ4v) is 3.66. The van der Waals surface area contributed by atoms with E-state index < -0.39 is 11.8 Å². The van der Waals surface area contributed by atoms with Crippen molar-refractivity contribution < 1.29 is 23.4 Å². The molecule has 1 aromatic heterocycles. The molecular formula is C20H17ClFNO4S. The monoisotopic (exact) mass is 421 g/mol. The van der Waals surface area contributed by atoms with E-state index in [0.29, 0.717) is 22.2 Å². The summed E-state index contributed by atoms with van der Waals surface area (Å²) < 4.78 is 29.7. The van der Waals surface area contributed by atoms with E-state index in [4.69, 9.17) is 25.8 Å². The lowest BCUT2D eigenvalue weighted by molar-refractivity contribution is -0.144.